The van der Waals surface area contributed by atoms with Crippen molar-refractivity contribution < 1.29 is 0 Å². The Hall–Kier alpha value is -3.52. The fourth-order valence-electron chi connectivity index (χ4n) is 12.2. The van der Waals surface area contributed by atoms with E-state index in [0.717, 1.165) is 70.8 Å². The molecule has 0 amide bonds. The first-order valence-corrected chi connectivity index (χ1v) is 38.6. The van der Waals surface area contributed by atoms with Crippen molar-refractivity contribution in [2.45, 2.75) is 170 Å². The van der Waals surface area contributed by atoms with Crippen molar-refractivity contribution in [3.63, 3.8) is 0 Å². The third-order valence-electron chi connectivity index (χ3n) is 16.8. The number of anilines is 2. The van der Waals surface area contributed by atoms with Gasteiger partial charge in [-0.25, -0.2) is 0 Å². The predicted molar refractivity (Wildman–Crippen MR) is 359 cm³/mol. The zero-order chi connectivity index (χ0) is 54.6. The molecule has 0 aliphatic carbocycles. The summed E-state index contributed by atoms with van der Waals surface area (Å²) < 4.78 is 25.6. The minimum atomic E-state index is -2.36. The summed E-state index contributed by atoms with van der Waals surface area (Å²) in [5, 5.41) is 6.13. The molecule has 0 saturated heterocycles. The summed E-state index contributed by atoms with van der Waals surface area (Å²) in [4.78, 5) is 23.8. The number of pyridine rings is 2. The lowest BCUT2D eigenvalue weighted by Gasteiger charge is -2.35. The van der Waals surface area contributed by atoms with E-state index in [1.807, 2.05) is 68.0 Å². The zero-order valence-corrected chi connectivity index (χ0v) is 55.2. The fraction of sp³-hybridized carbons (Fsp3) is 0.516. The first-order chi connectivity index (χ1) is 38.8. The van der Waals surface area contributed by atoms with Crippen molar-refractivity contribution in [1.29, 1.82) is 0 Å². The number of hydrogen-bond donors (Lipinski definition) is 0. The average Bonchev–Trinajstić information content (AvgIpc) is 4.51. The number of unbranched alkanes of at least 4 members (excludes halogenated alkanes) is 6. The van der Waals surface area contributed by atoms with E-state index >= 15 is 0 Å². The van der Waals surface area contributed by atoms with E-state index in [-0.39, 0.29) is 0 Å². The lowest BCUT2D eigenvalue weighted by molar-refractivity contribution is 0.469. The molecule has 79 heavy (non-hydrogen) atoms. The smallest absolute Gasteiger partial charge is 0.132 e. The van der Waals surface area contributed by atoms with Crippen LogP contribution in [0, 0.1) is 11.8 Å². The van der Waals surface area contributed by atoms with Gasteiger partial charge in [0, 0.05) is 88.0 Å². The Kier molecular flexibility index (Phi) is 18.8. The number of nitrogens with zero attached hydrogens (tertiary/aromatic N) is 8. The van der Waals surface area contributed by atoms with Crippen LogP contribution >= 0.6 is 91.5 Å². The largest absolute Gasteiger partial charge is 0.363 e. The molecule has 1 aliphatic heterocycles. The number of rotatable bonds is 30. The summed E-state index contributed by atoms with van der Waals surface area (Å²) in [6.45, 7) is 23.3. The minimum absolute atomic E-state index is 0.686. The predicted octanol–water partition coefficient (Wildman–Crippen LogP) is 20.6. The number of aromatic nitrogens is 6. The highest BCUT2D eigenvalue weighted by atomic mass is 32.1. The van der Waals surface area contributed by atoms with Gasteiger partial charge in [0.2, 0.25) is 0 Å². The standard InChI is InChI=1S/C62H78N8S8Si/c1-9-17-23-39(15-7)37-79(38-40(16-8)24-18-10-2)51-31-43(41-35-63-57(59-55(41)65-77-67-59)49-29-45-47(71-49)33-53(73-45)69(25-19-11-3)26-20-12-4)75-61(51)62-52(79)32-44(76-62)42-36-64-58(60-56(42)66-78-68-60)50-30-46-48(72-50)34-54(74-46)70(27-21-13-5)28-22-14-6/h29-36,39-40H,9-28,37-38H2,1-8H3. The molecule has 10 aromatic rings. The van der Waals surface area contributed by atoms with E-state index in [2.05, 4.69) is 114 Å². The zero-order valence-electron chi connectivity index (χ0n) is 47.7. The Morgan fingerprint density at radius 2 is 0.797 bits per heavy atom. The average molecular weight is 1220 g/mol. The molecule has 2 atom stereocenters. The molecule has 0 spiro atoms. The second kappa shape index (κ2) is 26.0. The fourth-order valence-corrected chi connectivity index (χ4v) is 28.6. The third kappa shape index (κ3) is 11.5. The molecule has 0 aromatic carbocycles. The number of hydrogen-bond acceptors (Lipinski definition) is 16. The molecule has 8 nitrogen and oxygen atoms in total. The van der Waals surface area contributed by atoms with Gasteiger partial charge in [0.05, 0.1) is 43.2 Å². The Labute approximate surface area is 502 Å². The van der Waals surface area contributed by atoms with Gasteiger partial charge in [0.25, 0.3) is 0 Å². The maximum atomic E-state index is 5.34. The van der Waals surface area contributed by atoms with Crippen LogP contribution in [0.2, 0.25) is 12.1 Å². The highest BCUT2D eigenvalue weighted by Crippen LogP contribution is 2.52. The second-order valence-corrected chi connectivity index (χ2v) is 33.7. The lowest BCUT2D eigenvalue weighted by atomic mass is 10.0. The second-order valence-electron chi connectivity index (χ2n) is 22.2. The van der Waals surface area contributed by atoms with Gasteiger partial charge < -0.3 is 9.80 Å². The molecular weight excluding hydrogens is 1140 g/mol. The summed E-state index contributed by atoms with van der Waals surface area (Å²) in [5.74, 6) is 1.37. The van der Waals surface area contributed by atoms with Gasteiger partial charge >= 0.3 is 0 Å². The summed E-state index contributed by atoms with van der Waals surface area (Å²) in [5.41, 5.74) is 7.98. The molecule has 2 unspecified atom stereocenters. The summed E-state index contributed by atoms with van der Waals surface area (Å²) >= 11 is 14.2. The van der Waals surface area contributed by atoms with E-state index in [9.17, 15) is 0 Å². The van der Waals surface area contributed by atoms with Gasteiger partial charge in [-0.2, -0.15) is 17.5 Å². The maximum absolute atomic E-state index is 5.34. The van der Waals surface area contributed by atoms with Crippen LogP contribution in [0.4, 0.5) is 10.0 Å². The van der Waals surface area contributed by atoms with Crippen LogP contribution in [0.15, 0.2) is 48.8 Å². The van der Waals surface area contributed by atoms with Crippen molar-refractivity contribution in [3.8, 4) is 51.8 Å². The Bertz CT molecular complexity index is 3310. The highest BCUT2D eigenvalue weighted by Gasteiger charge is 2.50. The molecule has 17 heteroatoms. The summed E-state index contributed by atoms with van der Waals surface area (Å²) in [6, 6.07) is 17.5. The van der Waals surface area contributed by atoms with Crippen LogP contribution < -0.4 is 20.2 Å². The first kappa shape index (κ1) is 57.3. The van der Waals surface area contributed by atoms with E-state index < -0.39 is 8.07 Å². The number of thiophene rings is 6. The summed E-state index contributed by atoms with van der Waals surface area (Å²) in [6.07, 6.45) is 24.1. The first-order valence-electron chi connectivity index (χ1n) is 29.9. The van der Waals surface area contributed by atoms with Crippen molar-refractivity contribution >= 4 is 161 Å². The van der Waals surface area contributed by atoms with Gasteiger partial charge in [0.15, 0.2) is 0 Å². The molecule has 11 heterocycles. The monoisotopic (exact) mass is 1220 g/mol. The van der Waals surface area contributed by atoms with Gasteiger partial charge in [-0.3, -0.25) is 9.97 Å². The van der Waals surface area contributed by atoms with E-state index in [0.29, 0.717) is 11.8 Å². The molecule has 11 rings (SSSR count). The minimum Gasteiger partial charge on any atom is -0.363 e. The number of fused-ring (bicyclic) bond motifs is 7. The van der Waals surface area contributed by atoms with E-state index in [1.54, 1.807) is 10.4 Å². The molecule has 0 saturated carbocycles. The van der Waals surface area contributed by atoms with Crippen LogP contribution in [0.3, 0.4) is 0 Å². The third-order valence-corrected chi connectivity index (χ3v) is 30.8. The van der Waals surface area contributed by atoms with Gasteiger partial charge in [0.1, 0.15) is 41.5 Å². The van der Waals surface area contributed by atoms with Crippen LogP contribution in [0.25, 0.3) is 92.6 Å². The topological polar surface area (TPSA) is 83.8 Å². The Morgan fingerprint density at radius 1 is 0.418 bits per heavy atom. The molecule has 10 aromatic heterocycles. The maximum Gasteiger partial charge on any atom is 0.132 e. The Morgan fingerprint density at radius 3 is 1.16 bits per heavy atom. The van der Waals surface area contributed by atoms with Crippen molar-refractivity contribution in [3.05, 3.63) is 48.8 Å². The molecule has 0 fully saturated rings. The normalized spacial score (nSPS) is 13.9. The van der Waals surface area contributed by atoms with Gasteiger partial charge in [-0.05, 0) is 96.4 Å². The van der Waals surface area contributed by atoms with E-state index in [1.165, 1.54) is 196 Å². The van der Waals surface area contributed by atoms with Crippen molar-refractivity contribution in [2.24, 2.45) is 11.8 Å². The van der Waals surface area contributed by atoms with E-state index in [4.69, 9.17) is 27.5 Å². The Balaban J connectivity index is 0.986. The van der Waals surface area contributed by atoms with Crippen LogP contribution in [0.5, 0.6) is 0 Å². The van der Waals surface area contributed by atoms with Gasteiger partial charge in [-0.15, -0.1) is 68.0 Å². The molecule has 1 aliphatic rings. The van der Waals surface area contributed by atoms with Crippen molar-refractivity contribution in [1.82, 2.24) is 27.5 Å². The quantitative estimate of drug-likeness (QED) is 0.0412. The van der Waals surface area contributed by atoms with Gasteiger partial charge in [-0.1, -0.05) is 132 Å². The van der Waals surface area contributed by atoms with Crippen LogP contribution in [0.1, 0.15) is 158 Å². The SMILES string of the molecule is CCCCC(CC)C[Si]1(CC(CC)CCCC)c2cc(-c3cnc(-c4cc5sc(N(CCCC)CCCC)cc5s4)c4nsnc34)sc2-c2sc(-c3cnc(-c4cc5sc(N(CCCC)CCCC)cc5s4)c4nsnc34)cc21. The summed E-state index contributed by atoms with van der Waals surface area (Å²) in [7, 11) is -2.36. The molecular formula is C62H78N8S8Si. The lowest BCUT2D eigenvalue weighted by Crippen LogP contribution is -2.56. The molecule has 0 N–H and O–H groups in total. The molecule has 0 bridgehead atoms. The molecule has 0 radical (unpaired) electrons. The highest BCUT2D eigenvalue weighted by molar-refractivity contribution is 7.33. The molecule has 418 valence electrons. The van der Waals surface area contributed by atoms with Crippen LogP contribution in [-0.2, 0) is 0 Å². The van der Waals surface area contributed by atoms with Crippen LogP contribution in [-0.4, -0.2) is 61.7 Å². The van der Waals surface area contributed by atoms with Crippen molar-refractivity contribution in [2.75, 3.05) is 36.0 Å².